The number of thiazole rings is 1. The van der Waals surface area contributed by atoms with E-state index < -0.39 is 10.0 Å². The van der Waals surface area contributed by atoms with Gasteiger partial charge in [0.1, 0.15) is 0 Å². The second-order valence-electron chi connectivity index (χ2n) is 4.41. The maximum absolute atomic E-state index is 12.0. The predicted octanol–water partition coefficient (Wildman–Crippen LogP) is 1.56. The SMILES string of the molecule is CN1CCCCC1CNS(=O)(=O)c1cnc(Cl)s1. The molecule has 1 aliphatic heterocycles. The Bertz CT molecular complexity index is 503. The molecule has 0 radical (unpaired) electrons. The van der Waals surface area contributed by atoms with E-state index >= 15 is 0 Å². The maximum atomic E-state index is 12.0. The largest absolute Gasteiger partial charge is 0.302 e. The Kier molecular flexibility index (Phi) is 4.60. The average molecular weight is 310 g/mol. The van der Waals surface area contributed by atoms with E-state index in [4.69, 9.17) is 11.6 Å². The molecule has 1 aromatic heterocycles. The van der Waals surface area contributed by atoms with E-state index in [1.165, 1.54) is 12.6 Å². The lowest BCUT2D eigenvalue weighted by Crippen LogP contribution is -2.44. The van der Waals surface area contributed by atoms with Crippen LogP contribution in [0.4, 0.5) is 0 Å². The summed E-state index contributed by atoms with van der Waals surface area (Å²) in [6.07, 6.45) is 4.66. The average Bonchev–Trinajstić information content (AvgIpc) is 2.76. The second-order valence-corrected chi connectivity index (χ2v) is 8.02. The van der Waals surface area contributed by atoms with Crippen LogP contribution in [0.3, 0.4) is 0 Å². The first-order chi connectivity index (χ1) is 8.49. The molecule has 18 heavy (non-hydrogen) atoms. The van der Waals surface area contributed by atoms with E-state index in [9.17, 15) is 8.42 Å². The topological polar surface area (TPSA) is 62.3 Å². The first kappa shape index (κ1) is 14.2. The number of nitrogens with zero attached hydrogens (tertiary/aromatic N) is 2. The molecule has 0 saturated carbocycles. The van der Waals surface area contributed by atoms with E-state index in [-0.39, 0.29) is 14.7 Å². The highest BCUT2D eigenvalue weighted by Crippen LogP contribution is 2.22. The number of sulfonamides is 1. The van der Waals surface area contributed by atoms with Crippen molar-refractivity contribution >= 4 is 33.0 Å². The molecule has 0 spiro atoms. The Morgan fingerprint density at radius 1 is 1.61 bits per heavy atom. The molecule has 8 heteroatoms. The third-order valence-electron chi connectivity index (χ3n) is 3.15. The normalized spacial score (nSPS) is 22.2. The molecule has 2 heterocycles. The van der Waals surface area contributed by atoms with Gasteiger partial charge in [0.05, 0.1) is 6.20 Å². The van der Waals surface area contributed by atoms with Crippen LogP contribution in [0.25, 0.3) is 0 Å². The molecule has 1 fully saturated rings. The Balaban J connectivity index is 1.96. The highest BCUT2D eigenvalue weighted by molar-refractivity contribution is 7.91. The van der Waals surface area contributed by atoms with Crippen molar-refractivity contribution < 1.29 is 8.42 Å². The molecule has 0 aromatic carbocycles. The van der Waals surface area contributed by atoms with Gasteiger partial charge in [-0.3, -0.25) is 0 Å². The zero-order valence-corrected chi connectivity index (χ0v) is 12.5. The van der Waals surface area contributed by atoms with Crippen molar-refractivity contribution in [1.82, 2.24) is 14.6 Å². The van der Waals surface area contributed by atoms with Crippen LogP contribution in [0, 0.1) is 0 Å². The Morgan fingerprint density at radius 3 is 3.00 bits per heavy atom. The Morgan fingerprint density at radius 2 is 2.39 bits per heavy atom. The van der Waals surface area contributed by atoms with Gasteiger partial charge in [-0.2, -0.15) is 0 Å². The Labute approximate surface area is 116 Å². The van der Waals surface area contributed by atoms with Gasteiger partial charge in [-0.05, 0) is 26.4 Å². The van der Waals surface area contributed by atoms with E-state index in [1.807, 2.05) is 7.05 Å². The minimum Gasteiger partial charge on any atom is -0.302 e. The molecule has 1 aliphatic rings. The molecule has 0 bridgehead atoms. The van der Waals surface area contributed by atoms with Crippen molar-refractivity contribution in [1.29, 1.82) is 0 Å². The summed E-state index contributed by atoms with van der Waals surface area (Å²) in [6.45, 7) is 1.47. The molecule has 1 unspecified atom stereocenters. The van der Waals surface area contributed by atoms with Crippen molar-refractivity contribution in [3.05, 3.63) is 10.7 Å². The molecular formula is C10H16ClN3O2S2. The van der Waals surface area contributed by atoms with Gasteiger partial charge in [0, 0.05) is 12.6 Å². The molecule has 2 rings (SSSR count). The highest BCUT2D eigenvalue weighted by Gasteiger charge is 2.23. The summed E-state index contributed by atoms with van der Waals surface area (Å²) < 4.78 is 27.0. The summed E-state index contributed by atoms with van der Waals surface area (Å²) in [7, 11) is -1.44. The van der Waals surface area contributed by atoms with Crippen molar-refractivity contribution in [2.75, 3.05) is 20.1 Å². The van der Waals surface area contributed by atoms with Gasteiger partial charge in [0.25, 0.3) is 10.0 Å². The first-order valence-corrected chi connectivity index (χ1v) is 8.48. The lowest BCUT2D eigenvalue weighted by molar-refractivity contribution is 0.187. The summed E-state index contributed by atoms with van der Waals surface area (Å²) >= 11 is 6.62. The second kappa shape index (κ2) is 5.83. The number of piperidine rings is 1. The fraction of sp³-hybridized carbons (Fsp3) is 0.700. The summed E-state index contributed by atoms with van der Waals surface area (Å²) in [6, 6.07) is 0.275. The molecule has 0 aliphatic carbocycles. The van der Waals surface area contributed by atoms with Gasteiger partial charge in [0.15, 0.2) is 8.68 Å². The van der Waals surface area contributed by atoms with Crippen LogP contribution in [-0.2, 0) is 10.0 Å². The zero-order chi connectivity index (χ0) is 13.2. The van der Waals surface area contributed by atoms with E-state index in [1.54, 1.807) is 0 Å². The number of nitrogens with one attached hydrogen (secondary N) is 1. The molecular weight excluding hydrogens is 294 g/mol. The van der Waals surface area contributed by atoms with E-state index in [2.05, 4.69) is 14.6 Å². The minimum absolute atomic E-state index is 0.172. The fourth-order valence-corrected chi connectivity index (χ4v) is 4.45. The number of hydrogen-bond acceptors (Lipinski definition) is 5. The number of likely N-dealkylation sites (tertiary alicyclic amines) is 1. The summed E-state index contributed by atoms with van der Waals surface area (Å²) in [5.41, 5.74) is 0. The van der Waals surface area contributed by atoms with Crippen molar-refractivity contribution in [2.45, 2.75) is 29.5 Å². The van der Waals surface area contributed by atoms with E-state index in [0.29, 0.717) is 6.54 Å². The molecule has 5 nitrogen and oxygen atoms in total. The van der Waals surface area contributed by atoms with Crippen LogP contribution in [-0.4, -0.2) is 44.5 Å². The van der Waals surface area contributed by atoms with Crippen LogP contribution < -0.4 is 4.72 Å². The van der Waals surface area contributed by atoms with Crippen LogP contribution in [0.5, 0.6) is 0 Å². The van der Waals surface area contributed by atoms with Crippen LogP contribution in [0.2, 0.25) is 4.47 Å². The minimum atomic E-state index is -3.47. The van der Waals surface area contributed by atoms with Gasteiger partial charge in [-0.15, -0.1) is 0 Å². The lowest BCUT2D eigenvalue weighted by Gasteiger charge is -2.32. The maximum Gasteiger partial charge on any atom is 0.251 e. The van der Waals surface area contributed by atoms with Gasteiger partial charge < -0.3 is 4.90 Å². The summed E-state index contributed by atoms with van der Waals surface area (Å²) in [5.74, 6) is 0. The van der Waals surface area contributed by atoms with Crippen LogP contribution >= 0.6 is 22.9 Å². The monoisotopic (exact) mass is 309 g/mol. The number of hydrogen-bond donors (Lipinski definition) is 1. The molecule has 1 saturated heterocycles. The fourth-order valence-electron chi connectivity index (χ4n) is 2.04. The molecule has 1 atom stereocenters. The summed E-state index contributed by atoms with van der Waals surface area (Å²) in [5, 5.41) is 0. The van der Waals surface area contributed by atoms with E-state index in [0.717, 1.165) is 30.7 Å². The standard InChI is InChI=1S/C10H16ClN3O2S2/c1-14-5-3-2-4-8(14)6-13-18(15,16)9-7-12-10(11)17-9/h7-8,13H,2-6H2,1H3. The number of rotatable bonds is 4. The molecule has 0 amide bonds. The predicted molar refractivity (Wildman–Crippen MR) is 72.6 cm³/mol. The first-order valence-electron chi connectivity index (χ1n) is 5.80. The van der Waals surface area contributed by atoms with Gasteiger partial charge in [0.2, 0.25) is 0 Å². The molecule has 1 N–H and O–H groups in total. The lowest BCUT2D eigenvalue weighted by atomic mass is 10.0. The van der Waals surface area contributed by atoms with Crippen molar-refractivity contribution in [2.24, 2.45) is 0 Å². The quantitative estimate of drug-likeness (QED) is 0.917. The van der Waals surface area contributed by atoms with Crippen molar-refractivity contribution in [3.8, 4) is 0 Å². The number of likely N-dealkylation sites (N-methyl/N-ethyl adjacent to an activating group) is 1. The smallest absolute Gasteiger partial charge is 0.251 e. The molecule has 1 aromatic rings. The number of aromatic nitrogens is 1. The van der Waals surface area contributed by atoms with Gasteiger partial charge in [-0.25, -0.2) is 18.1 Å². The molecule has 102 valence electrons. The summed E-state index contributed by atoms with van der Waals surface area (Å²) in [4.78, 5) is 5.95. The van der Waals surface area contributed by atoms with Gasteiger partial charge in [-0.1, -0.05) is 29.4 Å². The zero-order valence-electron chi connectivity index (χ0n) is 10.1. The number of halogens is 1. The third kappa shape index (κ3) is 3.42. The Hall–Kier alpha value is -0.210. The van der Waals surface area contributed by atoms with Gasteiger partial charge >= 0.3 is 0 Å². The third-order valence-corrected chi connectivity index (χ3v) is 6.15. The van der Waals surface area contributed by atoms with Crippen LogP contribution in [0.1, 0.15) is 19.3 Å². The highest BCUT2D eigenvalue weighted by atomic mass is 35.5. The van der Waals surface area contributed by atoms with Crippen molar-refractivity contribution in [3.63, 3.8) is 0 Å². The van der Waals surface area contributed by atoms with Crippen LogP contribution in [0.15, 0.2) is 10.4 Å².